The monoisotopic (exact) mass is 357 g/mol. The first-order valence-electron chi connectivity index (χ1n) is 8.56. The second-order valence-electron chi connectivity index (χ2n) is 6.37. The lowest BCUT2D eigenvalue weighted by Gasteiger charge is -2.13. The van der Waals surface area contributed by atoms with Crippen molar-refractivity contribution in [3.05, 3.63) is 65.5 Å². The lowest BCUT2D eigenvalue weighted by atomic mass is 10.00. The highest BCUT2D eigenvalue weighted by molar-refractivity contribution is 6.15. The molecular weight excluding hydrogens is 333 g/mol. The largest absolute Gasteiger partial charge is 0.486 e. The molecule has 0 spiro atoms. The molecule has 2 N–H and O–H groups in total. The summed E-state index contributed by atoms with van der Waals surface area (Å²) in [4.78, 5) is 11.4. The Morgan fingerprint density at radius 1 is 1.27 bits per heavy atom. The molecule has 4 nitrogen and oxygen atoms in total. The fourth-order valence-electron chi connectivity index (χ4n) is 2.51. The van der Waals surface area contributed by atoms with E-state index in [2.05, 4.69) is 19.2 Å². The maximum absolute atomic E-state index is 14.3. The molecule has 0 aliphatic carbocycles. The Balaban J connectivity index is 2.13. The smallest absolute Gasteiger partial charge is 0.335 e. The molecule has 138 valence electrons. The van der Waals surface area contributed by atoms with Crippen LogP contribution in [0.3, 0.4) is 0 Å². The molecule has 0 heterocycles. The number of hydrogen-bond acceptors (Lipinski definition) is 3. The molecule has 0 aromatic heterocycles. The Kier molecular flexibility index (Phi) is 6.78. The quantitative estimate of drug-likeness (QED) is 0.656. The van der Waals surface area contributed by atoms with Crippen molar-refractivity contribution in [1.82, 2.24) is 0 Å². The molecule has 0 fully saturated rings. The van der Waals surface area contributed by atoms with Gasteiger partial charge in [-0.3, -0.25) is 0 Å². The van der Waals surface area contributed by atoms with E-state index in [1.54, 1.807) is 43.3 Å². The summed E-state index contributed by atoms with van der Waals surface area (Å²) in [6.07, 6.45) is 1.54. The Morgan fingerprint density at radius 3 is 2.62 bits per heavy atom. The maximum atomic E-state index is 14.3. The Labute approximate surface area is 153 Å². The Hall–Kier alpha value is -2.82. The van der Waals surface area contributed by atoms with Gasteiger partial charge in [0, 0.05) is 18.3 Å². The predicted octanol–water partition coefficient (Wildman–Crippen LogP) is 4.96. The van der Waals surface area contributed by atoms with Crippen molar-refractivity contribution in [2.24, 2.45) is 5.92 Å². The number of carboxylic acid groups (broad SMARTS) is 1. The Bertz CT molecular complexity index is 800. The van der Waals surface area contributed by atoms with E-state index >= 15 is 0 Å². The molecule has 26 heavy (non-hydrogen) atoms. The van der Waals surface area contributed by atoms with Gasteiger partial charge in [-0.15, -0.1) is 0 Å². The number of halogens is 1. The van der Waals surface area contributed by atoms with Crippen molar-refractivity contribution >= 4 is 17.2 Å². The van der Waals surface area contributed by atoms with Gasteiger partial charge in [-0.1, -0.05) is 44.2 Å². The molecule has 0 saturated carbocycles. The average molecular weight is 357 g/mol. The number of carbonyl (C=O) groups is 1. The lowest BCUT2D eigenvalue weighted by Crippen LogP contribution is -2.08. The topological polar surface area (TPSA) is 58.6 Å². The highest BCUT2D eigenvalue weighted by atomic mass is 19.1. The normalized spacial score (nSPS) is 11.5. The number of carboxylic acids is 1. The van der Waals surface area contributed by atoms with Crippen molar-refractivity contribution in [3.63, 3.8) is 0 Å². The van der Waals surface area contributed by atoms with Gasteiger partial charge in [-0.25, -0.2) is 9.18 Å². The van der Waals surface area contributed by atoms with Gasteiger partial charge in [0.05, 0.1) is 5.57 Å². The highest BCUT2D eigenvalue weighted by Gasteiger charge is 2.14. The predicted molar refractivity (Wildman–Crippen MR) is 102 cm³/mol. The third-order valence-corrected chi connectivity index (χ3v) is 3.86. The van der Waals surface area contributed by atoms with Crippen LogP contribution in [0.1, 0.15) is 31.9 Å². The van der Waals surface area contributed by atoms with Crippen LogP contribution in [0, 0.1) is 11.7 Å². The molecule has 0 atom stereocenters. The van der Waals surface area contributed by atoms with Crippen LogP contribution in [0.4, 0.5) is 10.1 Å². The van der Waals surface area contributed by atoms with Crippen LogP contribution in [-0.2, 0) is 11.4 Å². The van der Waals surface area contributed by atoms with Crippen LogP contribution in [0.15, 0.2) is 48.5 Å². The summed E-state index contributed by atoms with van der Waals surface area (Å²) in [6, 6.07) is 11.8. The summed E-state index contributed by atoms with van der Waals surface area (Å²) in [5, 5.41) is 12.5. The van der Waals surface area contributed by atoms with Gasteiger partial charge in [-0.05, 0) is 36.1 Å². The Morgan fingerprint density at radius 2 is 2.00 bits per heavy atom. The third-order valence-electron chi connectivity index (χ3n) is 3.86. The van der Waals surface area contributed by atoms with E-state index < -0.39 is 11.8 Å². The van der Waals surface area contributed by atoms with Crippen LogP contribution in [-0.4, -0.2) is 17.6 Å². The zero-order chi connectivity index (χ0) is 19.1. The number of anilines is 1. The zero-order valence-corrected chi connectivity index (χ0v) is 15.3. The molecule has 0 aliphatic heterocycles. The first kappa shape index (κ1) is 19.5. The number of nitrogens with one attached hydrogen (secondary N) is 1. The van der Waals surface area contributed by atoms with Crippen molar-refractivity contribution in [2.75, 3.05) is 11.9 Å². The maximum Gasteiger partial charge on any atom is 0.335 e. The summed E-state index contributed by atoms with van der Waals surface area (Å²) >= 11 is 0. The highest BCUT2D eigenvalue weighted by Crippen LogP contribution is 2.25. The third kappa shape index (κ3) is 5.09. The molecule has 0 aliphatic rings. The fourth-order valence-corrected chi connectivity index (χ4v) is 2.51. The SMILES string of the molecule is CC=C(C(=O)O)c1ccccc1COc1ccc(NCC(C)C)cc1F. The summed E-state index contributed by atoms with van der Waals surface area (Å²) in [5.74, 6) is -0.875. The van der Waals surface area contributed by atoms with E-state index in [0.29, 0.717) is 22.7 Å². The molecule has 2 aromatic carbocycles. The first-order valence-corrected chi connectivity index (χ1v) is 8.56. The second kappa shape index (κ2) is 9.04. The van der Waals surface area contributed by atoms with Gasteiger partial charge in [0.15, 0.2) is 11.6 Å². The molecule has 0 amide bonds. The minimum Gasteiger partial charge on any atom is -0.486 e. The second-order valence-corrected chi connectivity index (χ2v) is 6.37. The molecule has 2 rings (SSSR count). The van der Waals surface area contributed by atoms with Gasteiger partial charge in [0.25, 0.3) is 0 Å². The number of rotatable bonds is 8. The van der Waals surface area contributed by atoms with Gasteiger partial charge in [0.2, 0.25) is 0 Å². The fraction of sp³-hybridized carbons (Fsp3) is 0.286. The summed E-state index contributed by atoms with van der Waals surface area (Å²) < 4.78 is 19.9. The molecular formula is C21H24FNO3. The molecule has 2 aromatic rings. The van der Waals surface area contributed by atoms with Crippen LogP contribution in [0.25, 0.3) is 5.57 Å². The summed E-state index contributed by atoms with van der Waals surface area (Å²) in [7, 11) is 0. The number of aliphatic carboxylic acids is 1. The molecule has 0 radical (unpaired) electrons. The standard InChI is InChI=1S/C21H24FNO3/c1-4-17(21(24)25)18-8-6-5-7-15(18)13-26-20-10-9-16(11-19(20)22)23-12-14(2)3/h4-11,14,23H,12-13H2,1-3H3,(H,24,25). The number of allylic oxidation sites excluding steroid dienone is 1. The van der Waals surface area contributed by atoms with Crippen molar-refractivity contribution in [2.45, 2.75) is 27.4 Å². The number of hydrogen-bond donors (Lipinski definition) is 2. The van der Waals surface area contributed by atoms with Gasteiger partial charge in [0.1, 0.15) is 6.61 Å². The van der Waals surface area contributed by atoms with Crippen LogP contribution in [0.2, 0.25) is 0 Å². The zero-order valence-electron chi connectivity index (χ0n) is 15.3. The van der Waals surface area contributed by atoms with E-state index in [-0.39, 0.29) is 17.9 Å². The minimum absolute atomic E-state index is 0.0798. The summed E-state index contributed by atoms with van der Waals surface area (Å²) in [5.41, 5.74) is 2.14. The van der Waals surface area contributed by atoms with E-state index in [0.717, 1.165) is 6.54 Å². The minimum atomic E-state index is -1.01. The van der Waals surface area contributed by atoms with E-state index in [1.807, 2.05) is 0 Å². The van der Waals surface area contributed by atoms with Crippen LogP contribution < -0.4 is 10.1 Å². The van der Waals surface area contributed by atoms with Gasteiger partial charge >= 0.3 is 5.97 Å². The van der Waals surface area contributed by atoms with E-state index in [1.165, 1.54) is 12.1 Å². The summed E-state index contributed by atoms with van der Waals surface area (Å²) in [6.45, 7) is 6.66. The number of benzene rings is 2. The molecule has 0 saturated heterocycles. The van der Waals surface area contributed by atoms with Gasteiger partial charge in [-0.2, -0.15) is 0 Å². The van der Waals surface area contributed by atoms with Crippen molar-refractivity contribution < 1.29 is 19.0 Å². The number of ether oxygens (including phenoxy) is 1. The first-order chi connectivity index (χ1) is 12.4. The lowest BCUT2D eigenvalue weighted by molar-refractivity contribution is -0.130. The van der Waals surface area contributed by atoms with E-state index in [9.17, 15) is 14.3 Å². The van der Waals surface area contributed by atoms with Crippen LogP contribution in [0.5, 0.6) is 5.75 Å². The van der Waals surface area contributed by atoms with E-state index in [4.69, 9.17) is 4.74 Å². The van der Waals surface area contributed by atoms with Gasteiger partial charge < -0.3 is 15.2 Å². The van der Waals surface area contributed by atoms with Crippen molar-refractivity contribution in [3.8, 4) is 5.75 Å². The van der Waals surface area contributed by atoms with Crippen molar-refractivity contribution in [1.29, 1.82) is 0 Å². The average Bonchev–Trinajstić information content (AvgIpc) is 2.60. The molecule has 5 heteroatoms. The molecule has 0 bridgehead atoms. The van der Waals surface area contributed by atoms with Crippen LogP contribution >= 0.6 is 0 Å². The molecule has 0 unspecified atom stereocenters.